The highest BCUT2D eigenvalue weighted by molar-refractivity contribution is 5.69. The van der Waals surface area contributed by atoms with E-state index in [-0.39, 0.29) is 31.0 Å². The fourth-order valence-corrected chi connectivity index (χ4v) is 1.73. The second-order valence-corrected chi connectivity index (χ2v) is 5.24. The zero-order valence-electron chi connectivity index (χ0n) is 14.5. The van der Waals surface area contributed by atoms with Gasteiger partial charge in [-0.3, -0.25) is 4.79 Å². The van der Waals surface area contributed by atoms with E-state index in [1.165, 1.54) is 25.3 Å². The topological polar surface area (TPSA) is 66.8 Å². The molecule has 0 aromatic heterocycles. The van der Waals surface area contributed by atoms with Crippen molar-refractivity contribution in [3.8, 4) is 23.7 Å². The smallest absolute Gasteiger partial charge is 0.305 e. The summed E-state index contributed by atoms with van der Waals surface area (Å²) in [5, 5.41) is 19.3. The summed E-state index contributed by atoms with van der Waals surface area (Å²) in [6.45, 7) is 0. The van der Waals surface area contributed by atoms with Crippen molar-refractivity contribution in [2.24, 2.45) is 0 Å². The number of ether oxygens (including phenoxy) is 1. The van der Waals surface area contributed by atoms with Crippen molar-refractivity contribution in [1.82, 2.24) is 0 Å². The lowest BCUT2D eigenvalue weighted by Crippen LogP contribution is -2.08. The lowest BCUT2D eigenvalue weighted by atomic mass is 10.2. The first-order valence-electron chi connectivity index (χ1n) is 8.03. The molecule has 0 bridgehead atoms. The maximum atomic E-state index is 12.7. The summed E-state index contributed by atoms with van der Waals surface area (Å²) in [4.78, 5) is 10.9. The number of hydrogen-bond donors (Lipinski definition) is 2. The fraction of sp³-hybridized carbons (Fsp3) is 0.286. The Kier molecular flexibility index (Phi) is 10.2. The quantitative estimate of drug-likeness (QED) is 0.467. The molecule has 0 heterocycles. The van der Waals surface area contributed by atoms with Crippen molar-refractivity contribution in [3.63, 3.8) is 0 Å². The number of carbonyl (C=O) groups is 1. The van der Waals surface area contributed by atoms with E-state index in [0.717, 1.165) is 0 Å². The Morgan fingerprint density at radius 1 is 1.27 bits per heavy atom. The predicted molar refractivity (Wildman–Crippen MR) is 97.2 cm³/mol. The monoisotopic (exact) mass is 356 g/mol. The molecule has 0 saturated heterocycles. The molecule has 136 valence electrons. The summed E-state index contributed by atoms with van der Waals surface area (Å²) >= 11 is 0. The van der Waals surface area contributed by atoms with E-state index >= 15 is 0 Å². The van der Waals surface area contributed by atoms with Crippen LogP contribution in [0.25, 0.3) is 0 Å². The van der Waals surface area contributed by atoms with Gasteiger partial charge in [0.2, 0.25) is 0 Å². The number of benzene rings is 1. The molecule has 0 saturated carbocycles. The number of allylic oxidation sites excluding steroid dienone is 3. The summed E-state index contributed by atoms with van der Waals surface area (Å²) in [5.74, 6) is 10.2. The fourth-order valence-electron chi connectivity index (χ4n) is 1.73. The molecular formula is C21H21FO4. The van der Waals surface area contributed by atoms with Crippen LogP contribution in [-0.2, 0) is 9.53 Å². The normalized spacial score (nSPS) is 12.8. The number of aliphatic hydroxyl groups excluding tert-OH is 2. The van der Waals surface area contributed by atoms with Gasteiger partial charge in [-0.1, -0.05) is 41.9 Å². The summed E-state index contributed by atoms with van der Waals surface area (Å²) in [5.41, 5.74) is 0.684. The second kappa shape index (κ2) is 12.5. The van der Waals surface area contributed by atoms with Crippen LogP contribution in [0, 0.1) is 29.5 Å². The highest BCUT2D eigenvalue weighted by atomic mass is 19.1. The molecular weight excluding hydrogens is 335 g/mol. The predicted octanol–water partition coefficient (Wildman–Crippen LogP) is 2.36. The third-order valence-corrected chi connectivity index (χ3v) is 3.11. The maximum Gasteiger partial charge on any atom is 0.305 e. The molecule has 4 nitrogen and oxygen atoms in total. The molecule has 2 N–H and O–H groups in total. The van der Waals surface area contributed by atoms with Gasteiger partial charge in [-0.2, -0.15) is 0 Å². The third kappa shape index (κ3) is 10.1. The lowest BCUT2D eigenvalue weighted by Gasteiger charge is -2.00. The van der Waals surface area contributed by atoms with Gasteiger partial charge in [0.15, 0.2) is 0 Å². The molecule has 0 aliphatic rings. The zero-order valence-corrected chi connectivity index (χ0v) is 14.5. The molecule has 0 spiro atoms. The van der Waals surface area contributed by atoms with Gasteiger partial charge in [0.05, 0.1) is 13.2 Å². The minimum atomic E-state index is -0.893. The minimum Gasteiger partial charge on any atom is -0.469 e. The summed E-state index contributed by atoms with van der Waals surface area (Å²) in [6.07, 6.45) is 5.28. The average molecular weight is 356 g/mol. The molecule has 0 radical (unpaired) electrons. The van der Waals surface area contributed by atoms with E-state index in [4.69, 9.17) is 0 Å². The number of hydrogen-bond acceptors (Lipinski definition) is 4. The van der Waals surface area contributed by atoms with Crippen LogP contribution in [0.1, 0.15) is 24.8 Å². The zero-order chi connectivity index (χ0) is 19.2. The van der Waals surface area contributed by atoms with Crippen molar-refractivity contribution in [1.29, 1.82) is 0 Å². The van der Waals surface area contributed by atoms with Gasteiger partial charge in [-0.25, -0.2) is 4.39 Å². The number of esters is 1. The standard InChI is InChI=1S/C21H21FO4/c1-26-21(25)16-15-20(24)9-5-3-2-4-8-19(23)10-6-7-17-11-13-18(22)14-12-17/h2-4,8,11-14,19-20,23-24H,10,15-16H2,1H3/b3-2+,8-4+/t19-,20+/m0/s1. The molecule has 0 amide bonds. The Balaban J connectivity index is 2.32. The molecule has 0 fully saturated rings. The SMILES string of the molecule is COC(=O)CC[C@H](O)C#C/C=C/C=C/[C@H](O)CC#Cc1ccc(F)cc1. The summed E-state index contributed by atoms with van der Waals surface area (Å²) in [7, 11) is 1.29. The molecule has 0 unspecified atom stereocenters. The van der Waals surface area contributed by atoms with Crippen LogP contribution < -0.4 is 0 Å². The van der Waals surface area contributed by atoms with Gasteiger partial charge in [0.1, 0.15) is 11.9 Å². The molecule has 0 aliphatic heterocycles. The Morgan fingerprint density at radius 3 is 2.69 bits per heavy atom. The van der Waals surface area contributed by atoms with Crippen LogP contribution in [0.4, 0.5) is 4.39 Å². The Hall–Kier alpha value is -2.86. The van der Waals surface area contributed by atoms with Crippen molar-refractivity contribution < 1.29 is 24.1 Å². The number of rotatable bonds is 6. The van der Waals surface area contributed by atoms with E-state index in [9.17, 15) is 19.4 Å². The maximum absolute atomic E-state index is 12.7. The highest BCUT2D eigenvalue weighted by Gasteiger charge is 2.04. The van der Waals surface area contributed by atoms with Gasteiger partial charge < -0.3 is 14.9 Å². The molecule has 5 heteroatoms. The molecule has 2 atom stereocenters. The first-order valence-corrected chi connectivity index (χ1v) is 8.03. The number of aliphatic hydroxyl groups is 2. The van der Waals surface area contributed by atoms with Crippen LogP contribution in [0.15, 0.2) is 48.6 Å². The Bertz CT molecular complexity index is 742. The van der Waals surface area contributed by atoms with Crippen molar-refractivity contribution in [2.45, 2.75) is 31.5 Å². The van der Waals surface area contributed by atoms with Gasteiger partial charge in [0, 0.05) is 18.4 Å². The second-order valence-electron chi connectivity index (χ2n) is 5.24. The summed E-state index contributed by atoms with van der Waals surface area (Å²) < 4.78 is 17.2. The van der Waals surface area contributed by atoms with E-state index < -0.39 is 12.2 Å². The van der Waals surface area contributed by atoms with Crippen LogP contribution >= 0.6 is 0 Å². The largest absolute Gasteiger partial charge is 0.469 e. The van der Waals surface area contributed by atoms with Crippen molar-refractivity contribution in [3.05, 3.63) is 60.0 Å². The highest BCUT2D eigenvalue weighted by Crippen LogP contribution is 2.01. The number of carbonyl (C=O) groups excluding carboxylic acids is 1. The van der Waals surface area contributed by atoms with Crippen LogP contribution in [-0.4, -0.2) is 35.5 Å². The van der Waals surface area contributed by atoms with Gasteiger partial charge in [-0.15, -0.1) is 0 Å². The molecule has 1 aromatic rings. The molecule has 0 aliphatic carbocycles. The van der Waals surface area contributed by atoms with Gasteiger partial charge >= 0.3 is 5.97 Å². The average Bonchev–Trinajstić information content (AvgIpc) is 2.64. The number of halogens is 1. The van der Waals surface area contributed by atoms with Crippen LogP contribution in [0.2, 0.25) is 0 Å². The van der Waals surface area contributed by atoms with Gasteiger partial charge in [0.25, 0.3) is 0 Å². The lowest BCUT2D eigenvalue weighted by molar-refractivity contribution is -0.141. The van der Waals surface area contributed by atoms with E-state index in [1.807, 2.05) is 0 Å². The first kappa shape index (κ1) is 21.2. The van der Waals surface area contributed by atoms with E-state index in [1.54, 1.807) is 30.4 Å². The molecule has 26 heavy (non-hydrogen) atoms. The van der Waals surface area contributed by atoms with Gasteiger partial charge in [-0.05, 0) is 36.8 Å². The first-order chi connectivity index (χ1) is 12.5. The minimum absolute atomic E-state index is 0.112. The molecule has 1 aromatic carbocycles. The van der Waals surface area contributed by atoms with Crippen LogP contribution in [0.3, 0.4) is 0 Å². The van der Waals surface area contributed by atoms with E-state index in [2.05, 4.69) is 28.4 Å². The Morgan fingerprint density at radius 2 is 2.00 bits per heavy atom. The Labute approximate surface area is 153 Å². The van der Waals surface area contributed by atoms with Crippen LogP contribution in [0.5, 0.6) is 0 Å². The van der Waals surface area contributed by atoms with Crippen molar-refractivity contribution in [2.75, 3.05) is 7.11 Å². The third-order valence-electron chi connectivity index (χ3n) is 3.11. The number of methoxy groups -OCH3 is 1. The summed E-state index contributed by atoms with van der Waals surface area (Å²) in [6, 6.07) is 5.81. The van der Waals surface area contributed by atoms with E-state index in [0.29, 0.717) is 5.56 Å². The van der Waals surface area contributed by atoms with Crippen molar-refractivity contribution >= 4 is 5.97 Å². The molecule has 1 rings (SSSR count).